The minimum atomic E-state index is -0.541. The van der Waals surface area contributed by atoms with Crippen molar-refractivity contribution in [3.63, 3.8) is 0 Å². The van der Waals surface area contributed by atoms with Gasteiger partial charge >= 0.3 is 5.69 Å². The monoisotopic (exact) mass is 356 g/mol. The van der Waals surface area contributed by atoms with Crippen LogP contribution < -0.4 is 4.74 Å². The Morgan fingerprint density at radius 3 is 2.62 bits per heavy atom. The molecule has 1 fully saturated rings. The highest BCUT2D eigenvalue weighted by atomic mass is 16.6. The van der Waals surface area contributed by atoms with Gasteiger partial charge in [-0.15, -0.1) is 0 Å². The van der Waals surface area contributed by atoms with Gasteiger partial charge in [0.1, 0.15) is 0 Å². The fourth-order valence-electron chi connectivity index (χ4n) is 2.98. The van der Waals surface area contributed by atoms with Gasteiger partial charge < -0.3 is 9.64 Å². The smallest absolute Gasteiger partial charge is 0.311 e. The number of rotatable bonds is 5. The second-order valence-electron chi connectivity index (χ2n) is 6.03. The molecule has 3 rings (SSSR count). The average Bonchev–Trinajstić information content (AvgIpc) is 2.68. The van der Waals surface area contributed by atoms with Crippen LogP contribution in [0, 0.1) is 10.1 Å². The summed E-state index contributed by atoms with van der Waals surface area (Å²) in [6, 6.07) is 10.1. The highest BCUT2D eigenvalue weighted by Crippen LogP contribution is 2.28. The number of amides is 1. The summed E-state index contributed by atoms with van der Waals surface area (Å²) in [6.45, 7) is 3.37. The van der Waals surface area contributed by atoms with Crippen LogP contribution in [0.3, 0.4) is 0 Å². The first-order valence-corrected chi connectivity index (χ1v) is 8.32. The summed E-state index contributed by atoms with van der Waals surface area (Å²) in [6.07, 6.45) is 1.77. The second-order valence-corrected chi connectivity index (χ2v) is 6.03. The zero-order chi connectivity index (χ0) is 18.5. The Bertz CT molecular complexity index is 789. The molecular weight excluding hydrogens is 336 g/mol. The van der Waals surface area contributed by atoms with E-state index in [4.69, 9.17) is 4.74 Å². The number of aromatic nitrogens is 1. The lowest BCUT2D eigenvalue weighted by Crippen LogP contribution is -2.48. The summed E-state index contributed by atoms with van der Waals surface area (Å²) in [7, 11) is 1.37. The number of benzene rings is 1. The standard InChI is InChI=1S/C18H20N4O4/c1-26-17-6-5-14(12-16(17)22(24)25)18(23)21-10-8-20(9-11-21)13-15-4-2-3-7-19-15/h2-7,12H,8-11,13H2,1H3. The molecule has 0 spiro atoms. The topological polar surface area (TPSA) is 88.8 Å². The van der Waals surface area contributed by atoms with Crippen molar-refractivity contribution in [2.24, 2.45) is 0 Å². The van der Waals surface area contributed by atoms with Crippen LogP contribution >= 0.6 is 0 Å². The molecule has 1 aliphatic heterocycles. The molecule has 0 aliphatic carbocycles. The van der Waals surface area contributed by atoms with E-state index in [1.54, 1.807) is 17.2 Å². The van der Waals surface area contributed by atoms with Crippen LogP contribution in [-0.2, 0) is 6.54 Å². The van der Waals surface area contributed by atoms with Gasteiger partial charge in [-0.2, -0.15) is 0 Å². The minimum Gasteiger partial charge on any atom is -0.490 e. The molecule has 26 heavy (non-hydrogen) atoms. The second kappa shape index (κ2) is 7.92. The lowest BCUT2D eigenvalue weighted by molar-refractivity contribution is -0.385. The Labute approximate surface area is 151 Å². The first kappa shape index (κ1) is 17.8. The van der Waals surface area contributed by atoms with E-state index >= 15 is 0 Å². The summed E-state index contributed by atoms with van der Waals surface area (Å²) in [5.41, 5.74) is 1.10. The number of nitro groups is 1. The van der Waals surface area contributed by atoms with Gasteiger partial charge in [0.05, 0.1) is 17.7 Å². The molecule has 0 N–H and O–H groups in total. The maximum atomic E-state index is 12.7. The zero-order valence-corrected chi connectivity index (χ0v) is 14.5. The Hall–Kier alpha value is -3.00. The van der Waals surface area contributed by atoms with Gasteiger partial charge in [-0.05, 0) is 24.3 Å². The maximum Gasteiger partial charge on any atom is 0.311 e. The number of ether oxygens (including phenoxy) is 1. The molecule has 0 atom stereocenters. The highest BCUT2D eigenvalue weighted by Gasteiger charge is 2.25. The van der Waals surface area contributed by atoms with Crippen molar-refractivity contribution in [1.29, 1.82) is 0 Å². The van der Waals surface area contributed by atoms with E-state index in [0.29, 0.717) is 18.7 Å². The van der Waals surface area contributed by atoms with E-state index in [9.17, 15) is 14.9 Å². The number of nitro benzene ring substituents is 1. The summed E-state index contributed by atoms with van der Waals surface area (Å²) in [5.74, 6) is -0.0556. The fraction of sp³-hybridized carbons (Fsp3) is 0.333. The average molecular weight is 356 g/mol. The molecule has 1 aromatic carbocycles. The Morgan fingerprint density at radius 2 is 2.00 bits per heavy atom. The van der Waals surface area contributed by atoms with E-state index in [1.807, 2.05) is 18.2 Å². The van der Waals surface area contributed by atoms with E-state index < -0.39 is 4.92 Å². The van der Waals surface area contributed by atoms with Crippen LogP contribution in [0.1, 0.15) is 16.1 Å². The van der Waals surface area contributed by atoms with E-state index in [2.05, 4.69) is 9.88 Å². The number of piperazine rings is 1. The lowest BCUT2D eigenvalue weighted by Gasteiger charge is -2.34. The van der Waals surface area contributed by atoms with Crippen LogP contribution in [0.4, 0.5) is 5.69 Å². The molecule has 0 saturated carbocycles. The molecule has 1 aromatic heterocycles. The third-order valence-corrected chi connectivity index (χ3v) is 4.39. The number of carbonyl (C=O) groups is 1. The number of methoxy groups -OCH3 is 1. The van der Waals surface area contributed by atoms with Crippen LogP contribution in [-0.4, -0.2) is 58.9 Å². The van der Waals surface area contributed by atoms with Crippen molar-refractivity contribution in [3.8, 4) is 5.75 Å². The molecule has 0 radical (unpaired) electrons. The maximum absolute atomic E-state index is 12.7. The quantitative estimate of drug-likeness (QED) is 0.601. The van der Waals surface area contributed by atoms with Crippen molar-refractivity contribution in [3.05, 3.63) is 64.0 Å². The first-order chi connectivity index (χ1) is 12.6. The molecule has 0 bridgehead atoms. The van der Waals surface area contributed by atoms with Gasteiger partial charge in [0.15, 0.2) is 5.75 Å². The van der Waals surface area contributed by atoms with Crippen LogP contribution in [0.15, 0.2) is 42.6 Å². The summed E-state index contributed by atoms with van der Waals surface area (Å²) >= 11 is 0. The van der Waals surface area contributed by atoms with Crippen LogP contribution in [0.2, 0.25) is 0 Å². The van der Waals surface area contributed by atoms with Gasteiger partial charge in [0.2, 0.25) is 0 Å². The van der Waals surface area contributed by atoms with Gasteiger partial charge in [-0.1, -0.05) is 6.07 Å². The first-order valence-electron chi connectivity index (χ1n) is 8.32. The van der Waals surface area contributed by atoms with E-state index in [-0.39, 0.29) is 17.3 Å². The van der Waals surface area contributed by atoms with Gasteiger partial charge in [0.25, 0.3) is 5.91 Å². The fourth-order valence-corrected chi connectivity index (χ4v) is 2.98. The number of pyridine rings is 1. The summed E-state index contributed by atoms with van der Waals surface area (Å²) in [4.78, 5) is 31.5. The van der Waals surface area contributed by atoms with E-state index in [1.165, 1.54) is 19.2 Å². The SMILES string of the molecule is COc1ccc(C(=O)N2CCN(Cc3ccccn3)CC2)cc1[N+](=O)[O-]. The van der Waals surface area contributed by atoms with Crippen molar-refractivity contribution in [2.75, 3.05) is 33.3 Å². The number of hydrogen-bond donors (Lipinski definition) is 0. The molecule has 8 heteroatoms. The zero-order valence-electron chi connectivity index (χ0n) is 14.5. The predicted octanol–water partition coefficient (Wildman–Crippen LogP) is 1.96. The van der Waals surface area contributed by atoms with Gasteiger partial charge in [0, 0.05) is 50.6 Å². The van der Waals surface area contributed by atoms with Crippen molar-refractivity contribution in [2.45, 2.75) is 6.54 Å². The number of carbonyl (C=O) groups excluding carboxylic acids is 1. The van der Waals surface area contributed by atoms with Crippen molar-refractivity contribution >= 4 is 11.6 Å². The normalized spacial score (nSPS) is 14.9. The molecule has 1 aliphatic rings. The largest absolute Gasteiger partial charge is 0.490 e. The number of hydrogen-bond acceptors (Lipinski definition) is 6. The predicted molar refractivity (Wildman–Crippen MR) is 95.1 cm³/mol. The van der Waals surface area contributed by atoms with Crippen LogP contribution in [0.25, 0.3) is 0 Å². The Balaban J connectivity index is 1.63. The van der Waals surface area contributed by atoms with Gasteiger partial charge in [-0.25, -0.2) is 0 Å². The lowest BCUT2D eigenvalue weighted by atomic mass is 10.1. The summed E-state index contributed by atoms with van der Waals surface area (Å²) < 4.78 is 4.98. The van der Waals surface area contributed by atoms with Crippen LogP contribution in [0.5, 0.6) is 5.75 Å². The molecule has 1 saturated heterocycles. The van der Waals surface area contributed by atoms with E-state index in [0.717, 1.165) is 25.3 Å². The molecule has 136 valence electrons. The number of nitrogens with zero attached hydrogens (tertiary/aromatic N) is 4. The van der Waals surface area contributed by atoms with Crippen molar-refractivity contribution in [1.82, 2.24) is 14.8 Å². The molecule has 8 nitrogen and oxygen atoms in total. The Morgan fingerprint density at radius 1 is 1.23 bits per heavy atom. The molecule has 2 aromatic rings. The molecular formula is C18H20N4O4. The minimum absolute atomic E-state index is 0.145. The molecule has 1 amide bonds. The third-order valence-electron chi connectivity index (χ3n) is 4.39. The van der Waals surface area contributed by atoms with Gasteiger partial charge in [-0.3, -0.25) is 24.8 Å². The Kier molecular flexibility index (Phi) is 5.43. The third kappa shape index (κ3) is 3.97. The highest BCUT2D eigenvalue weighted by molar-refractivity contribution is 5.95. The molecule has 0 unspecified atom stereocenters. The summed E-state index contributed by atoms with van der Waals surface area (Å²) in [5, 5.41) is 11.1. The molecule has 2 heterocycles. The van der Waals surface area contributed by atoms with Crippen molar-refractivity contribution < 1.29 is 14.5 Å².